The van der Waals surface area contributed by atoms with Crippen LogP contribution in [0.25, 0.3) is 11.5 Å². The molecule has 0 saturated carbocycles. The molecule has 0 aliphatic carbocycles. The Bertz CT molecular complexity index is 667. The van der Waals surface area contributed by atoms with Crippen LogP contribution >= 0.6 is 0 Å². The fourth-order valence-corrected chi connectivity index (χ4v) is 1.94. The van der Waals surface area contributed by atoms with Crippen LogP contribution in [-0.2, 0) is 6.42 Å². The molecule has 1 atom stereocenters. The van der Waals surface area contributed by atoms with E-state index in [4.69, 9.17) is 10.3 Å². The Kier molecular flexibility index (Phi) is 3.52. The number of rotatable bonds is 4. The molecule has 2 heterocycles. The van der Waals surface area contributed by atoms with Gasteiger partial charge >= 0.3 is 0 Å². The first kappa shape index (κ1) is 12.5. The summed E-state index contributed by atoms with van der Waals surface area (Å²) in [5.74, 6) is 0.888. The lowest BCUT2D eigenvalue weighted by Crippen LogP contribution is -2.13. The quantitative estimate of drug-likeness (QED) is 0.784. The molecule has 0 aliphatic heterocycles. The largest absolute Gasteiger partial charge is 0.337 e. The molecule has 2 N–H and O–H groups in total. The van der Waals surface area contributed by atoms with Gasteiger partial charge in [-0.2, -0.15) is 4.98 Å². The van der Waals surface area contributed by atoms with E-state index in [-0.39, 0.29) is 6.04 Å². The van der Waals surface area contributed by atoms with Gasteiger partial charge in [0, 0.05) is 6.20 Å². The first-order chi connectivity index (χ1) is 9.83. The smallest absolute Gasteiger partial charge is 0.244 e. The van der Waals surface area contributed by atoms with E-state index in [2.05, 4.69) is 15.1 Å². The maximum atomic E-state index is 6.10. The second-order valence-corrected chi connectivity index (χ2v) is 4.47. The van der Waals surface area contributed by atoms with E-state index in [1.807, 2.05) is 48.5 Å². The van der Waals surface area contributed by atoms with E-state index in [0.717, 1.165) is 5.56 Å². The zero-order valence-corrected chi connectivity index (χ0v) is 10.8. The van der Waals surface area contributed by atoms with Crippen LogP contribution in [0.2, 0.25) is 0 Å². The number of hydrogen-bond donors (Lipinski definition) is 1. The molecule has 3 aromatic rings. The summed E-state index contributed by atoms with van der Waals surface area (Å²) in [4.78, 5) is 8.49. The normalized spacial score (nSPS) is 12.2. The van der Waals surface area contributed by atoms with Crippen LogP contribution in [0.3, 0.4) is 0 Å². The number of benzene rings is 1. The number of pyridine rings is 1. The Morgan fingerprint density at radius 1 is 1.05 bits per heavy atom. The summed E-state index contributed by atoms with van der Waals surface area (Å²) in [6, 6.07) is 15.2. The highest BCUT2D eigenvalue weighted by Crippen LogP contribution is 2.18. The molecule has 0 spiro atoms. The van der Waals surface area contributed by atoms with Gasteiger partial charge < -0.3 is 10.3 Å². The highest BCUT2D eigenvalue weighted by molar-refractivity contribution is 5.47. The second-order valence-electron chi connectivity index (χ2n) is 4.47. The maximum Gasteiger partial charge on any atom is 0.244 e. The summed E-state index contributed by atoms with van der Waals surface area (Å²) in [5, 5.41) is 3.92. The molecule has 0 fully saturated rings. The Labute approximate surface area is 116 Å². The molecule has 1 aromatic carbocycles. The van der Waals surface area contributed by atoms with Gasteiger partial charge in [-0.15, -0.1) is 0 Å². The molecular weight excluding hydrogens is 252 g/mol. The fraction of sp³-hybridized carbons (Fsp3) is 0.133. The summed E-state index contributed by atoms with van der Waals surface area (Å²) in [7, 11) is 0. The standard InChI is InChI=1S/C15H14N4O/c16-12(10-11-6-2-1-3-7-11)15-18-14(19-20-15)13-8-4-5-9-17-13/h1-9,12H,10,16H2/t12-/m0/s1. The highest BCUT2D eigenvalue weighted by atomic mass is 16.5. The average Bonchev–Trinajstić information content (AvgIpc) is 2.99. The first-order valence-corrected chi connectivity index (χ1v) is 6.37. The van der Waals surface area contributed by atoms with Crippen molar-refractivity contribution in [3.05, 3.63) is 66.2 Å². The number of nitrogens with two attached hydrogens (primary N) is 1. The lowest BCUT2D eigenvalue weighted by Gasteiger charge is -2.05. The van der Waals surface area contributed by atoms with Gasteiger partial charge in [-0.05, 0) is 24.1 Å². The fourth-order valence-electron chi connectivity index (χ4n) is 1.94. The average molecular weight is 266 g/mol. The number of hydrogen-bond acceptors (Lipinski definition) is 5. The molecule has 0 amide bonds. The third kappa shape index (κ3) is 2.73. The Morgan fingerprint density at radius 3 is 2.60 bits per heavy atom. The van der Waals surface area contributed by atoms with Gasteiger partial charge in [0.05, 0.1) is 6.04 Å². The summed E-state index contributed by atoms with van der Waals surface area (Å²) in [5.41, 5.74) is 7.91. The van der Waals surface area contributed by atoms with Gasteiger partial charge in [0.2, 0.25) is 11.7 Å². The Hall–Kier alpha value is -2.53. The van der Waals surface area contributed by atoms with Crippen molar-refractivity contribution in [2.45, 2.75) is 12.5 Å². The van der Waals surface area contributed by atoms with E-state index in [1.54, 1.807) is 6.20 Å². The van der Waals surface area contributed by atoms with E-state index in [1.165, 1.54) is 0 Å². The third-order valence-corrected chi connectivity index (χ3v) is 2.95. The van der Waals surface area contributed by atoms with Crippen LogP contribution in [0, 0.1) is 0 Å². The molecule has 3 rings (SSSR count). The van der Waals surface area contributed by atoms with Crippen molar-refractivity contribution in [2.75, 3.05) is 0 Å². The number of aromatic nitrogens is 3. The molecular formula is C15H14N4O. The molecule has 0 aliphatic rings. The topological polar surface area (TPSA) is 77.8 Å². The van der Waals surface area contributed by atoms with E-state index in [9.17, 15) is 0 Å². The van der Waals surface area contributed by atoms with E-state index >= 15 is 0 Å². The van der Waals surface area contributed by atoms with Gasteiger partial charge in [0.1, 0.15) is 5.69 Å². The van der Waals surface area contributed by atoms with Gasteiger partial charge in [-0.25, -0.2) is 0 Å². The van der Waals surface area contributed by atoms with Crippen LogP contribution in [0.15, 0.2) is 59.3 Å². The van der Waals surface area contributed by atoms with Crippen molar-refractivity contribution in [2.24, 2.45) is 5.73 Å². The third-order valence-electron chi connectivity index (χ3n) is 2.95. The molecule has 2 aromatic heterocycles. The van der Waals surface area contributed by atoms with Crippen LogP contribution in [0.5, 0.6) is 0 Å². The highest BCUT2D eigenvalue weighted by Gasteiger charge is 2.16. The molecule has 5 heteroatoms. The van der Waals surface area contributed by atoms with Crippen LogP contribution in [0.4, 0.5) is 0 Å². The minimum absolute atomic E-state index is 0.317. The van der Waals surface area contributed by atoms with Crippen LogP contribution in [0.1, 0.15) is 17.5 Å². The van der Waals surface area contributed by atoms with Crippen molar-refractivity contribution in [1.29, 1.82) is 0 Å². The lowest BCUT2D eigenvalue weighted by atomic mass is 10.1. The minimum Gasteiger partial charge on any atom is -0.337 e. The summed E-state index contributed by atoms with van der Waals surface area (Å²) >= 11 is 0. The van der Waals surface area contributed by atoms with Crippen molar-refractivity contribution in [3.63, 3.8) is 0 Å². The number of nitrogens with zero attached hydrogens (tertiary/aromatic N) is 3. The second kappa shape index (κ2) is 5.63. The van der Waals surface area contributed by atoms with Gasteiger partial charge in [0.15, 0.2) is 0 Å². The molecule has 0 unspecified atom stereocenters. The van der Waals surface area contributed by atoms with Crippen LogP contribution < -0.4 is 5.73 Å². The van der Waals surface area contributed by atoms with Gasteiger partial charge in [0.25, 0.3) is 0 Å². The van der Waals surface area contributed by atoms with Crippen molar-refractivity contribution >= 4 is 0 Å². The Morgan fingerprint density at radius 2 is 1.85 bits per heavy atom. The van der Waals surface area contributed by atoms with E-state index in [0.29, 0.717) is 23.8 Å². The Balaban J connectivity index is 1.77. The lowest BCUT2D eigenvalue weighted by molar-refractivity contribution is 0.354. The van der Waals surface area contributed by atoms with Crippen molar-refractivity contribution in [3.8, 4) is 11.5 Å². The first-order valence-electron chi connectivity index (χ1n) is 6.37. The van der Waals surface area contributed by atoms with Gasteiger partial charge in [-0.3, -0.25) is 4.98 Å². The molecule has 5 nitrogen and oxygen atoms in total. The minimum atomic E-state index is -0.317. The molecule has 0 bridgehead atoms. The monoisotopic (exact) mass is 266 g/mol. The molecule has 100 valence electrons. The zero-order chi connectivity index (χ0) is 13.8. The SMILES string of the molecule is N[C@@H](Cc1ccccc1)c1nc(-c2ccccn2)no1. The maximum absolute atomic E-state index is 6.10. The van der Waals surface area contributed by atoms with Crippen LogP contribution in [-0.4, -0.2) is 15.1 Å². The zero-order valence-electron chi connectivity index (χ0n) is 10.8. The van der Waals surface area contributed by atoms with E-state index < -0.39 is 0 Å². The summed E-state index contributed by atoms with van der Waals surface area (Å²) in [6.07, 6.45) is 2.35. The predicted octanol–water partition coefficient (Wildman–Crippen LogP) is 2.37. The van der Waals surface area contributed by atoms with Crippen molar-refractivity contribution in [1.82, 2.24) is 15.1 Å². The molecule has 0 saturated heterocycles. The molecule has 0 radical (unpaired) electrons. The summed E-state index contributed by atoms with van der Waals surface area (Å²) < 4.78 is 5.23. The molecule has 20 heavy (non-hydrogen) atoms. The van der Waals surface area contributed by atoms with Gasteiger partial charge in [-0.1, -0.05) is 41.6 Å². The predicted molar refractivity (Wildman–Crippen MR) is 74.6 cm³/mol. The van der Waals surface area contributed by atoms with Crippen molar-refractivity contribution < 1.29 is 4.52 Å². The summed E-state index contributed by atoms with van der Waals surface area (Å²) in [6.45, 7) is 0.